The minimum Gasteiger partial charge on any atom is -0.357 e. The number of likely N-dealkylation sites (tertiary alicyclic amines) is 1. The number of rotatable bonds is 4. The largest absolute Gasteiger partial charge is 0.357 e. The van der Waals surface area contributed by atoms with E-state index in [2.05, 4.69) is 46.4 Å². The highest BCUT2D eigenvalue weighted by molar-refractivity contribution is 5.92. The fraction of sp³-hybridized carbons (Fsp3) is 0.500. The van der Waals surface area contributed by atoms with Crippen LogP contribution in [0, 0.1) is 0 Å². The van der Waals surface area contributed by atoms with E-state index >= 15 is 0 Å². The molecule has 1 atom stereocenters. The first-order valence-corrected chi connectivity index (χ1v) is 8.32. The Morgan fingerprint density at radius 2 is 2.09 bits per heavy atom. The molecule has 23 heavy (non-hydrogen) atoms. The SMILES string of the molecule is CNC(=O)c1ccc(C2CCCCN2Cc2ccn(C)c2)n1C. The van der Waals surface area contributed by atoms with Crippen molar-refractivity contribution in [1.29, 1.82) is 0 Å². The van der Waals surface area contributed by atoms with Crippen molar-refractivity contribution in [3.8, 4) is 0 Å². The number of amides is 1. The molecular formula is C18H26N4O. The van der Waals surface area contributed by atoms with Gasteiger partial charge in [-0.1, -0.05) is 6.42 Å². The summed E-state index contributed by atoms with van der Waals surface area (Å²) >= 11 is 0. The molecule has 124 valence electrons. The van der Waals surface area contributed by atoms with Crippen LogP contribution in [0.1, 0.15) is 47.1 Å². The van der Waals surface area contributed by atoms with E-state index in [9.17, 15) is 4.79 Å². The van der Waals surface area contributed by atoms with Gasteiger partial charge in [0.25, 0.3) is 5.91 Å². The first-order chi connectivity index (χ1) is 11.1. The molecule has 3 rings (SSSR count). The second-order valence-electron chi connectivity index (χ2n) is 6.45. The van der Waals surface area contributed by atoms with Crippen LogP contribution in [0.2, 0.25) is 0 Å². The van der Waals surface area contributed by atoms with Crippen molar-refractivity contribution in [2.75, 3.05) is 13.6 Å². The zero-order chi connectivity index (χ0) is 16.4. The number of nitrogens with zero attached hydrogens (tertiary/aromatic N) is 3. The van der Waals surface area contributed by atoms with E-state index in [4.69, 9.17) is 0 Å². The van der Waals surface area contributed by atoms with Crippen molar-refractivity contribution >= 4 is 5.91 Å². The van der Waals surface area contributed by atoms with Crippen LogP contribution < -0.4 is 5.32 Å². The Labute approximate surface area is 137 Å². The van der Waals surface area contributed by atoms with Gasteiger partial charge in [0.15, 0.2) is 0 Å². The second kappa shape index (κ2) is 6.62. The smallest absolute Gasteiger partial charge is 0.267 e. The number of piperidine rings is 1. The van der Waals surface area contributed by atoms with Crippen molar-refractivity contribution in [2.45, 2.75) is 31.8 Å². The van der Waals surface area contributed by atoms with E-state index in [0.29, 0.717) is 6.04 Å². The van der Waals surface area contributed by atoms with Gasteiger partial charge in [-0.05, 0) is 43.1 Å². The molecule has 1 N–H and O–H groups in total. The zero-order valence-corrected chi connectivity index (χ0v) is 14.2. The van der Waals surface area contributed by atoms with Crippen LogP contribution in [0.3, 0.4) is 0 Å². The van der Waals surface area contributed by atoms with Crippen molar-refractivity contribution in [3.63, 3.8) is 0 Å². The molecule has 2 aromatic rings. The van der Waals surface area contributed by atoms with E-state index < -0.39 is 0 Å². The first-order valence-electron chi connectivity index (χ1n) is 8.32. The number of aromatic nitrogens is 2. The van der Waals surface area contributed by atoms with Crippen LogP contribution in [0.4, 0.5) is 0 Å². The van der Waals surface area contributed by atoms with Gasteiger partial charge in [-0.15, -0.1) is 0 Å². The van der Waals surface area contributed by atoms with Gasteiger partial charge in [-0.3, -0.25) is 9.69 Å². The zero-order valence-electron chi connectivity index (χ0n) is 14.2. The number of carbonyl (C=O) groups is 1. The average Bonchev–Trinajstić information content (AvgIpc) is 3.13. The molecule has 1 saturated heterocycles. The quantitative estimate of drug-likeness (QED) is 0.942. The number of aryl methyl sites for hydroxylation is 1. The Bertz CT molecular complexity index is 685. The van der Waals surface area contributed by atoms with Crippen LogP contribution in [0.25, 0.3) is 0 Å². The normalized spacial score (nSPS) is 19.0. The van der Waals surface area contributed by atoms with E-state index in [1.807, 2.05) is 17.7 Å². The van der Waals surface area contributed by atoms with E-state index in [1.54, 1.807) is 7.05 Å². The van der Waals surface area contributed by atoms with Gasteiger partial charge in [0, 0.05) is 45.8 Å². The summed E-state index contributed by atoms with van der Waals surface area (Å²) in [6, 6.07) is 6.61. The maximum absolute atomic E-state index is 12.0. The Kier molecular flexibility index (Phi) is 4.57. The lowest BCUT2D eigenvalue weighted by Gasteiger charge is -2.36. The molecule has 0 spiro atoms. The summed E-state index contributed by atoms with van der Waals surface area (Å²) in [5, 5.41) is 2.72. The second-order valence-corrected chi connectivity index (χ2v) is 6.45. The van der Waals surface area contributed by atoms with Gasteiger partial charge in [-0.2, -0.15) is 0 Å². The minimum absolute atomic E-state index is 0.0239. The highest BCUT2D eigenvalue weighted by atomic mass is 16.1. The Morgan fingerprint density at radius 1 is 1.26 bits per heavy atom. The van der Waals surface area contributed by atoms with Crippen molar-refractivity contribution < 1.29 is 4.79 Å². The van der Waals surface area contributed by atoms with Gasteiger partial charge in [0.2, 0.25) is 0 Å². The summed E-state index contributed by atoms with van der Waals surface area (Å²) in [6.45, 7) is 2.08. The van der Waals surface area contributed by atoms with Gasteiger partial charge in [0.05, 0.1) is 6.04 Å². The molecule has 1 aliphatic heterocycles. The molecule has 0 aromatic carbocycles. The molecule has 5 nitrogen and oxygen atoms in total. The van der Waals surface area contributed by atoms with E-state index in [-0.39, 0.29) is 5.91 Å². The van der Waals surface area contributed by atoms with E-state index in [1.165, 1.54) is 24.1 Å². The lowest BCUT2D eigenvalue weighted by Crippen LogP contribution is -2.34. The predicted octanol–water partition coefficient (Wildman–Crippen LogP) is 2.45. The summed E-state index contributed by atoms with van der Waals surface area (Å²) in [6.07, 6.45) is 7.93. The molecule has 2 aromatic heterocycles. The predicted molar refractivity (Wildman–Crippen MR) is 91.2 cm³/mol. The third kappa shape index (κ3) is 3.20. The number of carbonyl (C=O) groups excluding carboxylic acids is 1. The molecule has 3 heterocycles. The summed E-state index contributed by atoms with van der Waals surface area (Å²) in [7, 11) is 5.73. The average molecular weight is 314 g/mol. The summed E-state index contributed by atoms with van der Waals surface area (Å²) in [5.41, 5.74) is 3.31. The lowest BCUT2D eigenvalue weighted by molar-refractivity contribution is 0.0952. The molecular weight excluding hydrogens is 288 g/mol. The Balaban J connectivity index is 1.84. The highest BCUT2D eigenvalue weighted by Gasteiger charge is 2.27. The third-order valence-electron chi connectivity index (χ3n) is 4.85. The molecule has 5 heteroatoms. The number of hydrogen-bond donors (Lipinski definition) is 1. The van der Waals surface area contributed by atoms with E-state index in [0.717, 1.165) is 25.2 Å². The summed E-state index contributed by atoms with van der Waals surface area (Å²) in [5.74, 6) is -0.0239. The summed E-state index contributed by atoms with van der Waals surface area (Å²) < 4.78 is 4.15. The van der Waals surface area contributed by atoms with Gasteiger partial charge >= 0.3 is 0 Å². The van der Waals surface area contributed by atoms with Crippen LogP contribution in [-0.4, -0.2) is 33.5 Å². The van der Waals surface area contributed by atoms with Gasteiger partial charge in [0.1, 0.15) is 5.69 Å². The fourth-order valence-electron chi connectivity index (χ4n) is 3.62. The number of nitrogens with one attached hydrogen (secondary N) is 1. The van der Waals surface area contributed by atoms with Crippen LogP contribution >= 0.6 is 0 Å². The van der Waals surface area contributed by atoms with Crippen LogP contribution in [0.5, 0.6) is 0 Å². The fourth-order valence-corrected chi connectivity index (χ4v) is 3.62. The highest BCUT2D eigenvalue weighted by Crippen LogP contribution is 2.32. The van der Waals surface area contributed by atoms with Gasteiger partial charge in [-0.25, -0.2) is 0 Å². The summed E-state index contributed by atoms with van der Waals surface area (Å²) in [4.78, 5) is 14.5. The maximum Gasteiger partial charge on any atom is 0.267 e. The number of hydrogen-bond acceptors (Lipinski definition) is 2. The monoisotopic (exact) mass is 314 g/mol. The lowest BCUT2D eigenvalue weighted by atomic mass is 9.98. The topological polar surface area (TPSA) is 42.2 Å². The molecule has 1 aliphatic rings. The standard InChI is InChI=1S/C18H26N4O/c1-19-18(23)17-8-7-15(21(17)3)16-6-4-5-10-22(16)13-14-9-11-20(2)12-14/h7-9,11-12,16H,4-6,10,13H2,1-3H3,(H,19,23). The van der Waals surface area contributed by atoms with Gasteiger partial charge < -0.3 is 14.5 Å². The minimum atomic E-state index is -0.0239. The van der Waals surface area contributed by atoms with Crippen molar-refractivity contribution in [1.82, 2.24) is 19.4 Å². The molecule has 0 bridgehead atoms. The van der Waals surface area contributed by atoms with Crippen LogP contribution in [-0.2, 0) is 20.6 Å². The molecule has 0 radical (unpaired) electrons. The molecule has 0 aliphatic carbocycles. The van der Waals surface area contributed by atoms with Crippen molar-refractivity contribution in [3.05, 3.63) is 47.5 Å². The third-order valence-corrected chi connectivity index (χ3v) is 4.85. The Hall–Kier alpha value is -2.01. The Morgan fingerprint density at radius 3 is 2.78 bits per heavy atom. The molecule has 1 fully saturated rings. The first kappa shape index (κ1) is 15.9. The van der Waals surface area contributed by atoms with Crippen molar-refractivity contribution in [2.24, 2.45) is 14.1 Å². The maximum atomic E-state index is 12.0. The molecule has 1 unspecified atom stereocenters. The molecule has 1 amide bonds. The van der Waals surface area contributed by atoms with Crippen LogP contribution in [0.15, 0.2) is 30.6 Å². The molecule has 0 saturated carbocycles.